The molecule has 0 aliphatic rings. The van der Waals surface area contributed by atoms with Crippen LogP contribution in [0.5, 0.6) is 0 Å². The molecule has 2 aromatic heterocycles. The highest BCUT2D eigenvalue weighted by molar-refractivity contribution is 9.10. The predicted octanol–water partition coefficient (Wildman–Crippen LogP) is 3.25. The molecule has 0 aliphatic carbocycles. The number of hydrogen-bond acceptors (Lipinski definition) is 4. The molecule has 0 saturated heterocycles. The first-order valence-corrected chi connectivity index (χ1v) is 8.22. The number of nitrogens with two attached hydrogens (primary N) is 1. The molecule has 3 rings (SSSR count). The highest BCUT2D eigenvalue weighted by Crippen LogP contribution is 2.26. The number of aromatic nitrogens is 2. The van der Waals surface area contributed by atoms with Crippen LogP contribution in [0, 0.1) is 0 Å². The van der Waals surface area contributed by atoms with Gasteiger partial charge < -0.3 is 10.7 Å². The lowest BCUT2D eigenvalue weighted by atomic mass is 10.2. The van der Waals surface area contributed by atoms with Crippen molar-refractivity contribution >= 4 is 44.2 Å². The van der Waals surface area contributed by atoms with E-state index in [-0.39, 0.29) is 5.91 Å². The second-order valence-electron chi connectivity index (χ2n) is 4.64. The molecule has 0 unspecified atom stereocenters. The van der Waals surface area contributed by atoms with Crippen LogP contribution in [-0.2, 0) is 0 Å². The van der Waals surface area contributed by atoms with Crippen molar-refractivity contribution in [3.63, 3.8) is 0 Å². The van der Waals surface area contributed by atoms with Gasteiger partial charge in [0.25, 0.3) is 11.8 Å². The highest BCUT2D eigenvalue weighted by atomic mass is 79.9. The van der Waals surface area contributed by atoms with Gasteiger partial charge in [0, 0.05) is 21.6 Å². The first-order chi connectivity index (χ1) is 11.0. The number of anilines is 1. The van der Waals surface area contributed by atoms with E-state index in [0.29, 0.717) is 26.6 Å². The van der Waals surface area contributed by atoms with Gasteiger partial charge in [-0.3, -0.25) is 14.9 Å². The maximum atomic E-state index is 12.2. The minimum Gasteiger partial charge on any atom is -0.364 e. The minimum atomic E-state index is -0.533. The molecule has 4 N–H and O–H groups in total. The second kappa shape index (κ2) is 6.35. The van der Waals surface area contributed by atoms with E-state index in [1.807, 2.05) is 6.07 Å². The Morgan fingerprint density at radius 3 is 2.78 bits per heavy atom. The molecule has 6 nitrogen and oxygen atoms in total. The Balaban J connectivity index is 1.78. The van der Waals surface area contributed by atoms with E-state index < -0.39 is 5.91 Å². The summed E-state index contributed by atoms with van der Waals surface area (Å²) in [5.41, 5.74) is 7.43. The lowest BCUT2D eigenvalue weighted by molar-refractivity contribution is 0.0994. The van der Waals surface area contributed by atoms with Gasteiger partial charge in [0.1, 0.15) is 5.69 Å². The van der Waals surface area contributed by atoms with Gasteiger partial charge in [-0.1, -0.05) is 12.1 Å². The molecule has 0 spiro atoms. The average molecular weight is 391 g/mol. The summed E-state index contributed by atoms with van der Waals surface area (Å²) in [5.74, 6) is -0.779. The van der Waals surface area contributed by atoms with Crippen molar-refractivity contribution < 1.29 is 9.59 Å². The Morgan fingerprint density at radius 1 is 1.30 bits per heavy atom. The van der Waals surface area contributed by atoms with Gasteiger partial charge in [0.05, 0.1) is 11.3 Å². The Bertz CT molecular complexity index is 887. The SMILES string of the molecule is NC(=O)c1cc(-c2csc(NC(=O)c3ccccc3Br)n2)c[nH]1. The molecule has 1 aromatic carbocycles. The van der Waals surface area contributed by atoms with Crippen LogP contribution in [0.1, 0.15) is 20.8 Å². The lowest BCUT2D eigenvalue weighted by Gasteiger charge is -2.03. The van der Waals surface area contributed by atoms with Crippen LogP contribution in [0.4, 0.5) is 5.13 Å². The smallest absolute Gasteiger partial charge is 0.265 e. The summed E-state index contributed by atoms with van der Waals surface area (Å²) in [5, 5.41) is 5.03. The van der Waals surface area contributed by atoms with Crippen molar-refractivity contribution in [3.8, 4) is 11.3 Å². The molecule has 0 saturated carbocycles. The van der Waals surface area contributed by atoms with Gasteiger partial charge in [-0.25, -0.2) is 4.98 Å². The zero-order chi connectivity index (χ0) is 16.4. The predicted molar refractivity (Wildman–Crippen MR) is 92.5 cm³/mol. The molecule has 0 atom stereocenters. The molecular formula is C15H11BrN4O2S. The van der Waals surface area contributed by atoms with Crippen LogP contribution in [0.3, 0.4) is 0 Å². The first-order valence-electron chi connectivity index (χ1n) is 6.54. The van der Waals surface area contributed by atoms with Gasteiger partial charge >= 0.3 is 0 Å². The Kier molecular flexibility index (Phi) is 4.26. The van der Waals surface area contributed by atoms with E-state index in [1.165, 1.54) is 11.3 Å². The molecule has 3 aromatic rings. The fourth-order valence-electron chi connectivity index (χ4n) is 1.96. The number of benzene rings is 1. The van der Waals surface area contributed by atoms with Crippen molar-refractivity contribution in [3.05, 3.63) is 57.6 Å². The third kappa shape index (κ3) is 3.33. The minimum absolute atomic E-state index is 0.245. The van der Waals surface area contributed by atoms with Crippen LogP contribution >= 0.6 is 27.3 Å². The summed E-state index contributed by atoms with van der Waals surface area (Å²) in [4.78, 5) is 30.5. The fraction of sp³-hybridized carbons (Fsp3) is 0. The molecule has 0 aliphatic heterocycles. The summed E-state index contributed by atoms with van der Waals surface area (Å²) in [6.07, 6.45) is 1.65. The van der Waals surface area contributed by atoms with Crippen molar-refractivity contribution in [1.29, 1.82) is 0 Å². The highest BCUT2D eigenvalue weighted by Gasteiger charge is 2.13. The van der Waals surface area contributed by atoms with Crippen LogP contribution in [0.15, 0.2) is 46.4 Å². The monoisotopic (exact) mass is 390 g/mol. The van der Waals surface area contributed by atoms with E-state index >= 15 is 0 Å². The largest absolute Gasteiger partial charge is 0.364 e. The number of primary amides is 1. The van der Waals surface area contributed by atoms with E-state index in [4.69, 9.17) is 5.73 Å². The number of H-pyrrole nitrogens is 1. The number of aromatic amines is 1. The first kappa shape index (κ1) is 15.4. The van der Waals surface area contributed by atoms with Crippen LogP contribution < -0.4 is 11.1 Å². The number of hydrogen-bond donors (Lipinski definition) is 3. The fourth-order valence-corrected chi connectivity index (χ4v) is 3.14. The van der Waals surface area contributed by atoms with Gasteiger partial charge in [0.15, 0.2) is 5.13 Å². The van der Waals surface area contributed by atoms with Gasteiger partial charge in [-0.2, -0.15) is 0 Å². The van der Waals surface area contributed by atoms with Gasteiger partial charge in [-0.15, -0.1) is 11.3 Å². The summed E-state index contributed by atoms with van der Waals surface area (Å²) in [7, 11) is 0. The molecule has 0 radical (unpaired) electrons. The molecule has 8 heteroatoms. The van der Waals surface area contributed by atoms with Crippen molar-refractivity contribution in [2.75, 3.05) is 5.32 Å². The number of nitrogens with zero attached hydrogens (tertiary/aromatic N) is 1. The Hall–Kier alpha value is -2.45. The summed E-state index contributed by atoms with van der Waals surface area (Å²) < 4.78 is 0.714. The van der Waals surface area contributed by atoms with Crippen molar-refractivity contribution in [2.24, 2.45) is 5.73 Å². The zero-order valence-electron chi connectivity index (χ0n) is 11.7. The van der Waals surface area contributed by atoms with E-state index in [1.54, 1.807) is 35.8 Å². The third-order valence-corrected chi connectivity index (χ3v) is 4.54. The lowest BCUT2D eigenvalue weighted by Crippen LogP contribution is -2.12. The van der Waals surface area contributed by atoms with E-state index in [9.17, 15) is 9.59 Å². The van der Waals surface area contributed by atoms with Crippen molar-refractivity contribution in [2.45, 2.75) is 0 Å². The normalized spacial score (nSPS) is 10.5. The van der Waals surface area contributed by atoms with Crippen molar-refractivity contribution in [1.82, 2.24) is 9.97 Å². The number of rotatable bonds is 4. The molecule has 2 amide bonds. The molecule has 23 heavy (non-hydrogen) atoms. The zero-order valence-corrected chi connectivity index (χ0v) is 14.1. The number of halogens is 1. The Morgan fingerprint density at radius 2 is 2.09 bits per heavy atom. The third-order valence-electron chi connectivity index (χ3n) is 3.09. The summed E-state index contributed by atoms with van der Waals surface area (Å²) in [6.45, 7) is 0. The van der Waals surface area contributed by atoms with E-state index in [0.717, 1.165) is 5.56 Å². The van der Waals surface area contributed by atoms with Crippen LogP contribution in [0.25, 0.3) is 11.3 Å². The molecule has 0 fully saturated rings. The quantitative estimate of drug-likeness (QED) is 0.636. The Labute approximate surface area is 143 Å². The molecule has 2 heterocycles. The number of nitrogens with one attached hydrogen (secondary N) is 2. The number of thiazole rings is 1. The second-order valence-corrected chi connectivity index (χ2v) is 6.35. The summed E-state index contributed by atoms with van der Waals surface area (Å²) >= 11 is 4.65. The number of carbonyl (C=O) groups excluding carboxylic acids is 2. The molecular weight excluding hydrogens is 380 g/mol. The number of carbonyl (C=O) groups is 2. The molecule has 116 valence electrons. The van der Waals surface area contributed by atoms with Crippen LogP contribution in [0.2, 0.25) is 0 Å². The maximum Gasteiger partial charge on any atom is 0.265 e. The average Bonchev–Trinajstić information content (AvgIpc) is 3.16. The number of amides is 2. The van der Waals surface area contributed by atoms with Gasteiger partial charge in [-0.05, 0) is 34.1 Å². The maximum absolute atomic E-state index is 12.2. The summed E-state index contributed by atoms with van der Waals surface area (Å²) in [6, 6.07) is 8.77. The molecule has 0 bridgehead atoms. The van der Waals surface area contributed by atoms with Crippen LogP contribution in [-0.4, -0.2) is 21.8 Å². The van der Waals surface area contributed by atoms with Gasteiger partial charge in [0.2, 0.25) is 0 Å². The van der Waals surface area contributed by atoms with E-state index in [2.05, 4.69) is 31.2 Å². The standard InChI is InChI=1S/C15H11BrN4O2S/c16-10-4-2-1-3-9(10)14(22)20-15-19-12(7-23-15)8-5-11(13(17)21)18-6-8/h1-7,18H,(H2,17,21)(H,19,20,22). The topological polar surface area (TPSA) is 101 Å².